The molecule has 2 bridgehead atoms. The molecule has 0 aromatic carbocycles. The number of carbonyl (C=O) groups is 1. The summed E-state index contributed by atoms with van der Waals surface area (Å²) in [5.41, 5.74) is 5.28. The molecule has 0 spiro atoms. The van der Waals surface area contributed by atoms with Gasteiger partial charge in [0.25, 0.3) is 0 Å². The van der Waals surface area contributed by atoms with Crippen LogP contribution in [0.5, 0.6) is 0 Å². The maximum absolute atomic E-state index is 10.9. The number of nitrogens with two attached hydrogens (primary N) is 1. The molecule has 2 nitrogen and oxygen atoms in total. The van der Waals surface area contributed by atoms with E-state index >= 15 is 0 Å². The highest BCUT2D eigenvalue weighted by atomic mass is 16.1. The molecule has 1 saturated carbocycles. The third-order valence-corrected chi connectivity index (χ3v) is 2.94. The van der Waals surface area contributed by atoms with Crippen molar-refractivity contribution in [3.05, 3.63) is 12.2 Å². The zero-order chi connectivity index (χ0) is 7.84. The Bertz CT molecular complexity index is 210. The average Bonchev–Trinajstić information content (AvgIpc) is 2.06. The summed E-state index contributed by atoms with van der Waals surface area (Å²) in [6, 6.07) is 0. The van der Waals surface area contributed by atoms with Crippen LogP contribution < -0.4 is 5.73 Å². The van der Waals surface area contributed by atoms with Crippen LogP contribution in [0.15, 0.2) is 12.2 Å². The van der Waals surface area contributed by atoms with Crippen LogP contribution >= 0.6 is 0 Å². The molecule has 3 aliphatic rings. The summed E-state index contributed by atoms with van der Waals surface area (Å²) in [6.45, 7) is 0. The first-order valence-corrected chi connectivity index (χ1v) is 4.25. The number of primary amides is 1. The lowest BCUT2D eigenvalue weighted by Gasteiger charge is -2.35. The van der Waals surface area contributed by atoms with Gasteiger partial charge in [0.05, 0.1) is 0 Å². The number of fused-ring (bicyclic) bond motifs is 2. The molecule has 0 aromatic heterocycles. The van der Waals surface area contributed by atoms with E-state index in [1.807, 2.05) is 0 Å². The molecule has 3 rings (SSSR count). The first-order chi connectivity index (χ1) is 5.27. The van der Waals surface area contributed by atoms with Crippen molar-refractivity contribution >= 4 is 5.91 Å². The molecule has 2 heteroatoms. The Balaban J connectivity index is 2.17. The second kappa shape index (κ2) is 2.36. The van der Waals surface area contributed by atoms with E-state index in [2.05, 4.69) is 12.2 Å². The lowest BCUT2D eigenvalue weighted by Crippen LogP contribution is -2.36. The Morgan fingerprint density at radius 2 is 2.18 bits per heavy atom. The van der Waals surface area contributed by atoms with Gasteiger partial charge in [-0.15, -0.1) is 0 Å². The van der Waals surface area contributed by atoms with E-state index in [0.717, 1.165) is 12.8 Å². The van der Waals surface area contributed by atoms with E-state index in [1.54, 1.807) is 0 Å². The minimum Gasteiger partial charge on any atom is -0.369 e. The van der Waals surface area contributed by atoms with Crippen molar-refractivity contribution in [2.45, 2.75) is 19.3 Å². The zero-order valence-electron chi connectivity index (χ0n) is 6.49. The van der Waals surface area contributed by atoms with Crippen LogP contribution in [-0.4, -0.2) is 5.91 Å². The lowest BCUT2D eigenvalue weighted by molar-refractivity contribution is -0.124. The normalized spacial score (nSPS) is 40.9. The molecule has 0 aliphatic heterocycles. The van der Waals surface area contributed by atoms with E-state index in [1.165, 1.54) is 6.42 Å². The van der Waals surface area contributed by atoms with Gasteiger partial charge in [-0.05, 0) is 31.1 Å². The smallest absolute Gasteiger partial charge is 0.221 e. The third kappa shape index (κ3) is 1.06. The van der Waals surface area contributed by atoms with E-state index in [4.69, 9.17) is 5.73 Å². The molecular weight excluding hydrogens is 138 g/mol. The maximum atomic E-state index is 10.9. The fourth-order valence-corrected chi connectivity index (χ4v) is 2.26. The molecule has 2 N–H and O–H groups in total. The molecule has 11 heavy (non-hydrogen) atoms. The quantitative estimate of drug-likeness (QED) is 0.560. The summed E-state index contributed by atoms with van der Waals surface area (Å²) in [6.07, 6.45) is 7.83. The Morgan fingerprint density at radius 3 is 2.45 bits per heavy atom. The van der Waals surface area contributed by atoms with Gasteiger partial charge in [-0.3, -0.25) is 4.79 Å². The van der Waals surface area contributed by atoms with Gasteiger partial charge in [-0.25, -0.2) is 0 Å². The van der Waals surface area contributed by atoms with Gasteiger partial charge in [0.2, 0.25) is 5.91 Å². The summed E-state index contributed by atoms with van der Waals surface area (Å²) in [5.74, 6) is 1.12. The van der Waals surface area contributed by atoms with Crippen LogP contribution in [0.2, 0.25) is 0 Å². The van der Waals surface area contributed by atoms with E-state index in [0.29, 0.717) is 11.8 Å². The fraction of sp³-hybridized carbons (Fsp3) is 0.667. The second-order valence-corrected chi connectivity index (χ2v) is 3.63. The number of allylic oxidation sites excluding steroid dienone is 2. The summed E-state index contributed by atoms with van der Waals surface area (Å²) < 4.78 is 0. The minimum absolute atomic E-state index is 0.107. The van der Waals surface area contributed by atoms with Gasteiger partial charge in [-0.1, -0.05) is 12.2 Å². The minimum atomic E-state index is -0.107. The monoisotopic (exact) mass is 151 g/mol. The molecule has 0 aromatic rings. The first kappa shape index (κ1) is 6.89. The highest BCUT2D eigenvalue weighted by Crippen LogP contribution is 2.39. The van der Waals surface area contributed by atoms with Crippen molar-refractivity contribution in [1.82, 2.24) is 0 Å². The summed E-state index contributed by atoms with van der Waals surface area (Å²) >= 11 is 0. The predicted molar refractivity (Wildman–Crippen MR) is 42.7 cm³/mol. The van der Waals surface area contributed by atoms with Crippen LogP contribution in [-0.2, 0) is 4.79 Å². The Labute approximate surface area is 66.5 Å². The highest BCUT2D eigenvalue weighted by Gasteiger charge is 2.34. The standard InChI is InChI=1S/C9H13NO/c10-9(11)8-5-6-1-3-7(8)4-2-6/h1,3,6-8H,2,4-5H2,(H2,10,11)/t6-,7+,8+/m0/s1. The topological polar surface area (TPSA) is 43.1 Å². The Hall–Kier alpha value is -0.790. The number of carbonyl (C=O) groups excluding carboxylic acids is 1. The number of rotatable bonds is 1. The molecule has 0 radical (unpaired) electrons. The van der Waals surface area contributed by atoms with Crippen molar-refractivity contribution in [2.24, 2.45) is 23.5 Å². The van der Waals surface area contributed by atoms with E-state index in [9.17, 15) is 4.79 Å². The fourth-order valence-electron chi connectivity index (χ4n) is 2.26. The lowest BCUT2D eigenvalue weighted by atomic mass is 9.69. The molecule has 0 unspecified atom stereocenters. The second-order valence-electron chi connectivity index (χ2n) is 3.63. The first-order valence-electron chi connectivity index (χ1n) is 4.25. The van der Waals surface area contributed by atoms with Crippen LogP contribution in [0, 0.1) is 17.8 Å². The average molecular weight is 151 g/mol. The maximum Gasteiger partial charge on any atom is 0.221 e. The molecule has 0 heterocycles. The Morgan fingerprint density at radius 1 is 1.36 bits per heavy atom. The van der Waals surface area contributed by atoms with E-state index in [-0.39, 0.29) is 11.8 Å². The van der Waals surface area contributed by atoms with Crippen molar-refractivity contribution in [2.75, 3.05) is 0 Å². The molecule has 0 saturated heterocycles. The van der Waals surface area contributed by atoms with Crippen molar-refractivity contribution in [3.63, 3.8) is 0 Å². The number of hydrogen-bond acceptors (Lipinski definition) is 1. The Kier molecular flexibility index (Phi) is 1.48. The highest BCUT2D eigenvalue weighted by molar-refractivity contribution is 5.77. The molecular formula is C9H13NO. The van der Waals surface area contributed by atoms with Gasteiger partial charge >= 0.3 is 0 Å². The van der Waals surface area contributed by atoms with Crippen molar-refractivity contribution < 1.29 is 4.79 Å². The van der Waals surface area contributed by atoms with Gasteiger partial charge < -0.3 is 5.73 Å². The predicted octanol–water partition coefficient (Wildman–Crippen LogP) is 1.07. The summed E-state index contributed by atoms with van der Waals surface area (Å²) in [4.78, 5) is 10.9. The van der Waals surface area contributed by atoms with Gasteiger partial charge in [0.1, 0.15) is 0 Å². The van der Waals surface area contributed by atoms with Crippen molar-refractivity contribution in [3.8, 4) is 0 Å². The summed E-state index contributed by atoms with van der Waals surface area (Å²) in [5, 5.41) is 0. The number of amides is 1. The van der Waals surface area contributed by atoms with Crippen molar-refractivity contribution in [1.29, 1.82) is 0 Å². The SMILES string of the molecule is NC(=O)[C@@H]1C[C@H]2C=C[C@@H]1CC2. The van der Waals surface area contributed by atoms with Gasteiger partial charge in [0.15, 0.2) is 0 Å². The van der Waals surface area contributed by atoms with E-state index < -0.39 is 0 Å². The largest absolute Gasteiger partial charge is 0.369 e. The molecule has 3 aliphatic carbocycles. The van der Waals surface area contributed by atoms with Gasteiger partial charge in [0, 0.05) is 5.92 Å². The van der Waals surface area contributed by atoms with Crippen LogP contribution in [0.4, 0.5) is 0 Å². The molecule has 3 atom stereocenters. The van der Waals surface area contributed by atoms with Crippen LogP contribution in [0.1, 0.15) is 19.3 Å². The van der Waals surface area contributed by atoms with Crippen LogP contribution in [0.3, 0.4) is 0 Å². The number of hydrogen-bond donors (Lipinski definition) is 1. The molecule has 1 amide bonds. The van der Waals surface area contributed by atoms with Gasteiger partial charge in [-0.2, -0.15) is 0 Å². The molecule has 60 valence electrons. The third-order valence-electron chi connectivity index (χ3n) is 2.94. The zero-order valence-corrected chi connectivity index (χ0v) is 6.49. The molecule has 1 fully saturated rings. The van der Waals surface area contributed by atoms with Crippen LogP contribution in [0.25, 0.3) is 0 Å². The summed E-state index contributed by atoms with van der Waals surface area (Å²) in [7, 11) is 0.